The van der Waals surface area contributed by atoms with Crippen LogP contribution in [0.2, 0.25) is 0 Å². The first-order chi connectivity index (χ1) is 9.74. The summed E-state index contributed by atoms with van der Waals surface area (Å²) in [6, 6.07) is 10.9. The van der Waals surface area contributed by atoms with Crippen molar-refractivity contribution in [2.75, 3.05) is 0 Å². The molecule has 1 atom stereocenters. The van der Waals surface area contributed by atoms with E-state index in [1.165, 1.54) is 0 Å². The number of amides is 1. The molecule has 0 aliphatic rings. The number of hydrogen-bond donors (Lipinski definition) is 2. The standard InChI is InChI=1S/C15H14N4O/c1-10(12-4-2-3-7-16-12)19-15(20)11-5-6-13-14(8-11)18-9-17-13/h2-10H,1H3,(H,17,18)(H,19,20). The molecule has 0 fully saturated rings. The third-order valence-electron chi connectivity index (χ3n) is 3.16. The molecule has 3 rings (SSSR count). The second-order valence-electron chi connectivity index (χ2n) is 4.58. The maximum Gasteiger partial charge on any atom is 0.251 e. The van der Waals surface area contributed by atoms with E-state index in [2.05, 4.69) is 20.3 Å². The van der Waals surface area contributed by atoms with E-state index in [1.54, 1.807) is 24.7 Å². The average molecular weight is 266 g/mol. The molecule has 3 aromatic rings. The zero-order chi connectivity index (χ0) is 13.9. The van der Waals surface area contributed by atoms with E-state index >= 15 is 0 Å². The first-order valence-corrected chi connectivity index (χ1v) is 6.39. The molecule has 2 heterocycles. The lowest BCUT2D eigenvalue weighted by molar-refractivity contribution is 0.0939. The molecule has 5 heteroatoms. The van der Waals surface area contributed by atoms with E-state index in [9.17, 15) is 4.79 Å². The maximum atomic E-state index is 12.2. The van der Waals surface area contributed by atoms with Gasteiger partial charge in [-0.2, -0.15) is 0 Å². The summed E-state index contributed by atoms with van der Waals surface area (Å²) in [6.07, 6.45) is 3.33. The van der Waals surface area contributed by atoms with Gasteiger partial charge in [0.1, 0.15) is 0 Å². The number of nitrogens with zero attached hydrogens (tertiary/aromatic N) is 2. The van der Waals surface area contributed by atoms with Crippen molar-refractivity contribution in [3.63, 3.8) is 0 Å². The van der Waals surface area contributed by atoms with Crippen LogP contribution in [-0.4, -0.2) is 20.9 Å². The van der Waals surface area contributed by atoms with Crippen molar-refractivity contribution in [3.8, 4) is 0 Å². The van der Waals surface area contributed by atoms with Gasteiger partial charge in [-0.1, -0.05) is 6.07 Å². The predicted molar refractivity (Wildman–Crippen MR) is 76.2 cm³/mol. The van der Waals surface area contributed by atoms with Crippen molar-refractivity contribution < 1.29 is 4.79 Å². The van der Waals surface area contributed by atoms with E-state index in [4.69, 9.17) is 0 Å². The topological polar surface area (TPSA) is 70.7 Å². The second kappa shape index (κ2) is 5.13. The number of H-pyrrole nitrogens is 1. The lowest BCUT2D eigenvalue weighted by Crippen LogP contribution is -2.27. The Bertz CT molecular complexity index is 736. The van der Waals surface area contributed by atoms with Crippen molar-refractivity contribution >= 4 is 16.9 Å². The lowest BCUT2D eigenvalue weighted by atomic mass is 10.1. The highest BCUT2D eigenvalue weighted by Crippen LogP contribution is 2.13. The molecule has 1 amide bonds. The number of aromatic nitrogens is 3. The number of carbonyl (C=O) groups excluding carboxylic acids is 1. The SMILES string of the molecule is CC(NC(=O)c1ccc2nc[nH]c2c1)c1ccccn1. The number of fused-ring (bicyclic) bond motifs is 1. The zero-order valence-corrected chi connectivity index (χ0v) is 11.0. The summed E-state index contributed by atoms with van der Waals surface area (Å²) in [7, 11) is 0. The monoisotopic (exact) mass is 266 g/mol. The molecule has 5 nitrogen and oxygen atoms in total. The lowest BCUT2D eigenvalue weighted by Gasteiger charge is -2.13. The molecule has 1 aromatic carbocycles. The number of carbonyl (C=O) groups is 1. The quantitative estimate of drug-likeness (QED) is 0.765. The summed E-state index contributed by atoms with van der Waals surface area (Å²) >= 11 is 0. The summed E-state index contributed by atoms with van der Waals surface area (Å²) in [5.41, 5.74) is 3.13. The van der Waals surface area contributed by atoms with Crippen LogP contribution < -0.4 is 5.32 Å². The number of pyridine rings is 1. The third kappa shape index (κ3) is 2.38. The van der Waals surface area contributed by atoms with Crippen LogP contribution in [0.15, 0.2) is 48.9 Å². The molecule has 0 aliphatic heterocycles. The van der Waals surface area contributed by atoms with Gasteiger partial charge in [-0.25, -0.2) is 4.98 Å². The largest absolute Gasteiger partial charge is 0.345 e. The molecule has 0 radical (unpaired) electrons. The Labute approximate surface area is 116 Å². The van der Waals surface area contributed by atoms with Gasteiger partial charge in [-0.3, -0.25) is 9.78 Å². The van der Waals surface area contributed by atoms with Crippen molar-refractivity contribution in [1.82, 2.24) is 20.3 Å². The van der Waals surface area contributed by atoms with Gasteiger partial charge in [0.15, 0.2) is 0 Å². The van der Waals surface area contributed by atoms with E-state index < -0.39 is 0 Å². The minimum absolute atomic E-state index is 0.125. The van der Waals surface area contributed by atoms with Crippen LogP contribution in [0.1, 0.15) is 29.0 Å². The minimum Gasteiger partial charge on any atom is -0.345 e. The van der Waals surface area contributed by atoms with Gasteiger partial charge >= 0.3 is 0 Å². The summed E-state index contributed by atoms with van der Waals surface area (Å²) in [5, 5.41) is 2.93. The number of hydrogen-bond acceptors (Lipinski definition) is 3. The van der Waals surface area contributed by atoms with Gasteiger partial charge in [0.2, 0.25) is 0 Å². The minimum atomic E-state index is -0.138. The van der Waals surface area contributed by atoms with E-state index in [0.29, 0.717) is 5.56 Å². The Morgan fingerprint density at radius 1 is 1.25 bits per heavy atom. The number of aromatic amines is 1. The molecule has 2 aromatic heterocycles. The smallest absolute Gasteiger partial charge is 0.251 e. The highest BCUT2D eigenvalue weighted by atomic mass is 16.1. The normalized spacial score (nSPS) is 12.2. The number of imidazole rings is 1. The van der Waals surface area contributed by atoms with Gasteiger partial charge < -0.3 is 10.3 Å². The second-order valence-corrected chi connectivity index (χ2v) is 4.58. The maximum absolute atomic E-state index is 12.2. The van der Waals surface area contributed by atoms with Crippen LogP contribution in [0.4, 0.5) is 0 Å². The Morgan fingerprint density at radius 2 is 2.15 bits per heavy atom. The summed E-state index contributed by atoms with van der Waals surface area (Å²) in [4.78, 5) is 23.6. The summed E-state index contributed by atoms with van der Waals surface area (Å²) in [6.45, 7) is 1.91. The molecule has 1 unspecified atom stereocenters. The van der Waals surface area contributed by atoms with Crippen LogP contribution in [0.25, 0.3) is 11.0 Å². The van der Waals surface area contributed by atoms with Gasteiger partial charge in [0.25, 0.3) is 5.91 Å². The van der Waals surface area contributed by atoms with Crippen molar-refractivity contribution in [2.45, 2.75) is 13.0 Å². The molecule has 0 saturated carbocycles. The van der Waals surface area contributed by atoms with E-state index in [0.717, 1.165) is 16.7 Å². The zero-order valence-electron chi connectivity index (χ0n) is 11.0. The first kappa shape index (κ1) is 12.3. The first-order valence-electron chi connectivity index (χ1n) is 6.39. The van der Waals surface area contributed by atoms with Gasteiger partial charge in [0, 0.05) is 11.8 Å². The molecule has 100 valence electrons. The Morgan fingerprint density at radius 3 is 2.95 bits per heavy atom. The van der Waals surface area contributed by atoms with E-state index in [-0.39, 0.29) is 11.9 Å². The van der Waals surface area contributed by atoms with E-state index in [1.807, 2.05) is 31.2 Å². The third-order valence-corrected chi connectivity index (χ3v) is 3.16. The summed E-state index contributed by atoms with van der Waals surface area (Å²) in [5.74, 6) is -0.125. The predicted octanol–water partition coefficient (Wildman–Crippen LogP) is 2.45. The van der Waals surface area contributed by atoms with Crippen LogP contribution in [0, 0.1) is 0 Å². The van der Waals surface area contributed by atoms with Gasteiger partial charge in [0.05, 0.1) is 29.1 Å². The average Bonchev–Trinajstić information content (AvgIpc) is 2.95. The Kier molecular flexibility index (Phi) is 3.16. The molecule has 0 bridgehead atoms. The fraction of sp³-hybridized carbons (Fsp3) is 0.133. The highest BCUT2D eigenvalue weighted by Gasteiger charge is 2.12. The molecular formula is C15H14N4O. The van der Waals surface area contributed by atoms with Crippen molar-refractivity contribution in [2.24, 2.45) is 0 Å². The highest BCUT2D eigenvalue weighted by molar-refractivity contribution is 5.97. The van der Waals surface area contributed by atoms with Crippen LogP contribution >= 0.6 is 0 Å². The molecule has 0 saturated heterocycles. The van der Waals surface area contributed by atoms with Crippen LogP contribution in [0.3, 0.4) is 0 Å². The summed E-state index contributed by atoms with van der Waals surface area (Å²) < 4.78 is 0. The fourth-order valence-electron chi connectivity index (χ4n) is 2.06. The van der Waals surface area contributed by atoms with Crippen LogP contribution in [0.5, 0.6) is 0 Å². The van der Waals surface area contributed by atoms with Crippen LogP contribution in [-0.2, 0) is 0 Å². The molecule has 20 heavy (non-hydrogen) atoms. The number of rotatable bonds is 3. The van der Waals surface area contributed by atoms with Crippen molar-refractivity contribution in [1.29, 1.82) is 0 Å². The molecule has 0 spiro atoms. The van der Waals surface area contributed by atoms with Gasteiger partial charge in [-0.05, 0) is 37.3 Å². The van der Waals surface area contributed by atoms with Crippen molar-refractivity contribution in [3.05, 3.63) is 60.2 Å². The number of nitrogens with one attached hydrogen (secondary N) is 2. The Balaban J connectivity index is 1.78. The van der Waals surface area contributed by atoms with Gasteiger partial charge in [-0.15, -0.1) is 0 Å². The Hall–Kier alpha value is -2.69. The molecule has 2 N–H and O–H groups in total. The molecular weight excluding hydrogens is 252 g/mol. The molecule has 0 aliphatic carbocycles. The number of benzene rings is 1. The fourth-order valence-corrected chi connectivity index (χ4v) is 2.06.